The lowest BCUT2D eigenvalue weighted by molar-refractivity contribution is -0.137. The van der Waals surface area contributed by atoms with Crippen LogP contribution in [0, 0.1) is 0 Å². The van der Waals surface area contributed by atoms with Crippen LogP contribution in [0.2, 0.25) is 0 Å². The second kappa shape index (κ2) is 11.3. The van der Waals surface area contributed by atoms with Gasteiger partial charge in [-0.15, -0.1) is 18.3 Å². The first-order valence-corrected chi connectivity index (χ1v) is 9.96. The zero-order chi connectivity index (χ0) is 19.5. The van der Waals surface area contributed by atoms with Crippen molar-refractivity contribution in [3.8, 4) is 5.75 Å². The summed E-state index contributed by atoms with van der Waals surface area (Å²) >= 11 is 1.61. The van der Waals surface area contributed by atoms with E-state index in [2.05, 4.69) is 24.0 Å². The Morgan fingerprint density at radius 2 is 1.85 bits per heavy atom. The summed E-state index contributed by atoms with van der Waals surface area (Å²) in [6, 6.07) is 18.4. The van der Waals surface area contributed by atoms with E-state index in [0.717, 1.165) is 24.3 Å². The van der Waals surface area contributed by atoms with Crippen molar-refractivity contribution in [3.05, 3.63) is 72.8 Å². The van der Waals surface area contributed by atoms with Gasteiger partial charge in [0, 0.05) is 17.0 Å². The van der Waals surface area contributed by atoms with E-state index in [1.54, 1.807) is 18.9 Å². The van der Waals surface area contributed by atoms with Crippen molar-refractivity contribution < 1.29 is 14.3 Å². The molecule has 0 heterocycles. The van der Waals surface area contributed by atoms with Gasteiger partial charge in [0.25, 0.3) is 0 Å². The van der Waals surface area contributed by atoms with Crippen LogP contribution in [-0.4, -0.2) is 32.0 Å². The van der Waals surface area contributed by atoms with E-state index in [-0.39, 0.29) is 17.3 Å². The summed E-state index contributed by atoms with van der Waals surface area (Å²) in [5.41, 5.74) is 2.24. The summed E-state index contributed by atoms with van der Waals surface area (Å²) in [5, 5.41) is 3.76. The van der Waals surface area contributed by atoms with Crippen LogP contribution in [0.4, 0.5) is 5.69 Å². The molecule has 1 N–H and O–H groups in total. The van der Waals surface area contributed by atoms with Crippen LogP contribution >= 0.6 is 11.8 Å². The molecule has 0 aliphatic heterocycles. The monoisotopic (exact) mass is 385 g/mol. The lowest BCUT2D eigenvalue weighted by atomic mass is 10.0. The number of esters is 1. The lowest BCUT2D eigenvalue weighted by Gasteiger charge is -2.25. The highest BCUT2D eigenvalue weighted by atomic mass is 32.2. The summed E-state index contributed by atoms with van der Waals surface area (Å²) in [6.07, 6.45) is 3.62. The predicted octanol–water partition coefficient (Wildman–Crippen LogP) is 5.09. The fourth-order valence-electron chi connectivity index (χ4n) is 2.79. The fraction of sp³-hybridized carbons (Fsp3) is 0.318. The standard InChI is InChI=1S/C22H27NO3S/c1-4-8-19(23-18-11-13-20(25-2)14-12-18)15-21(27-16-22(24)26-3)17-9-6-5-7-10-17/h4-7,9-14,19,21,23H,1,8,15-16H2,2-3H3/t19-,21+/m0/s1. The molecule has 0 bridgehead atoms. The Hall–Kier alpha value is -2.40. The van der Waals surface area contributed by atoms with Crippen molar-refractivity contribution in [1.82, 2.24) is 0 Å². The molecular weight excluding hydrogens is 358 g/mol. The van der Waals surface area contributed by atoms with Crippen molar-refractivity contribution in [2.24, 2.45) is 0 Å². The van der Waals surface area contributed by atoms with Gasteiger partial charge in [-0.2, -0.15) is 0 Å². The van der Waals surface area contributed by atoms with Gasteiger partial charge in [0.05, 0.1) is 20.0 Å². The summed E-state index contributed by atoms with van der Waals surface area (Å²) in [6.45, 7) is 3.90. The van der Waals surface area contributed by atoms with Crippen LogP contribution in [0.15, 0.2) is 67.3 Å². The quantitative estimate of drug-likeness (QED) is 0.431. The third-order valence-electron chi connectivity index (χ3n) is 4.21. The Kier molecular flexibility index (Phi) is 8.78. The first-order valence-electron chi connectivity index (χ1n) is 8.91. The number of methoxy groups -OCH3 is 2. The van der Waals surface area contributed by atoms with Crippen molar-refractivity contribution in [3.63, 3.8) is 0 Å². The molecule has 5 heteroatoms. The van der Waals surface area contributed by atoms with Gasteiger partial charge in [-0.25, -0.2) is 0 Å². The van der Waals surface area contributed by atoms with Crippen molar-refractivity contribution in [1.29, 1.82) is 0 Å². The van der Waals surface area contributed by atoms with Crippen LogP contribution in [0.5, 0.6) is 5.75 Å². The van der Waals surface area contributed by atoms with E-state index in [1.165, 1.54) is 12.7 Å². The van der Waals surface area contributed by atoms with Crippen molar-refractivity contribution in [2.75, 3.05) is 25.3 Å². The normalized spacial score (nSPS) is 12.7. The summed E-state index contributed by atoms with van der Waals surface area (Å²) in [7, 11) is 3.08. The first kappa shape index (κ1) is 20.9. The third-order valence-corrected chi connectivity index (χ3v) is 5.48. The van der Waals surface area contributed by atoms with Crippen LogP contribution in [0.25, 0.3) is 0 Å². The number of hydrogen-bond acceptors (Lipinski definition) is 5. The highest BCUT2D eigenvalue weighted by Crippen LogP contribution is 2.34. The molecule has 0 aromatic heterocycles. The van der Waals surface area contributed by atoms with E-state index >= 15 is 0 Å². The number of carbonyl (C=O) groups is 1. The minimum atomic E-state index is -0.204. The number of benzene rings is 2. The molecule has 27 heavy (non-hydrogen) atoms. The lowest BCUT2D eigenvalue weighted by Crippen LogP contribution is -2.21. The molecule has 0 aliphatic carbocycles. The summed E-state index contributed by atoms with van der Waals surface area (Å²) in [5.74, 6) is 0.959. The predicted molar refractivity (Wildman–Crippen MR) is 113 cm³/mol. The Morgan fingerprint density at radius 3 is 2.44 bits per heavy atom. The molecule has 2 aromatic rings. The first-order chi connectivity index (χ1) is 13.2. The fourth-order valence-corrected chi connectivity index (χ4v) is 3.97. The largest absolute Gasteiger partial charge is 0.497 e. The van der Waals surface area contributed by atoms with E-state index in [4.69, 9.17) is 9.47 Å². The maximum Gasteiger partial charge on any atom is 0.315 e. The van der Waals surface area contributed by atoms with Gasteiger partial charge in [-0.05, 0) is 42.7 Å². The Bertz CT molecular complexity index is 703. The molecule has 2 aromatic carbocycles. The van der Waals surface area contributed by atoms with Gasteiger partial charge in [-0.1, -0.05) is 36.4 Å². The molecule has 0 spiro atoms. The topological polar surface area (TPSA) is 47.6 Å². The number of nitrogens with one attached hydrogen (secondary N) is 1. The highest BCUT2D eigenvalue weighted by molar-refractivity contribution is 8.00. The van der Waals surface area contributed by atoms with Gasteiger partial charge in [0.2, 0.25) is 0 Å². The second-order valence-electron chi connectivity index (χ2n) is 6.12. The molecule has 2 atom stereocenters. The minimum absolute atomic E-state index is 0.181. The average Bonchev–Trinajstić information content (AvgIpc) is 2.72. The van der Waals surface area contributed by atoms with Gasteiger partial charge >= 0.3 is 5.97 Å². The Balaban J connectivity index is 2.11. The van der Waals surface area contributed by atoms with Crippen LogP contribution in [0.3, 0.4) is 0 Å². The van der Waals surface area contributed by atoms with Crippen LogP contribution in [-0.2, 0) is 9.53 Å². The highest BCUT2D eigenvalue weighted by Gasteiger charge is 2.19. The van der Waals surface area contributed by atoms with Crippen LogP contribution < -0.4 is 10.1 Å². The number of thioether (sulfide) groups is 1. The zero-order valence-electron chi connectivity index (χ0n) is 15.9. The summed E-state index contributed by atoms with van der Waals surface area (Å²) in [4.78, 5) is 11.6. The average molecular weight is 386 g/mol. The molecule has 0 fully saturated rings. The Labute approximate surface area is 166 Å². The molecule has 0 saturated carbocycles. The molecule has 4 nitrogen and oxygen atoms in total. The van der Waals surface area contributed by atoms with Gasteiger partial charge in [0.1, 0.15) is 5.75 Å². The van der Waals surface area contributed by atoms with Crippen LogP contribution in [0.1, 0.15) is 23.7 Å². The maximum atomic E-state index is 11.6. The Morgan fingerprint density at radius 1 is 1.15 bits per heavy atom. The molecule has 0 saturated heterocycles. The van der Waals surface area contributed by atoms with Crippen molar-refractivity contribution in [2.45, 2.75) is 24.1 Å². The molecule has 144 valence electrons. The van der Waals surface area contributed by atoms with E-state index < -0.39 is 0 Å². The molecule has 2 rings (SSSR count). The molecule has 0 aliphatic rings. The number of hydrogen-bond donors (Lipinski definition) is 1. The van der Waals surface area contributed by atoms with Gasteiger partial charge < -0.3 is 14.8 Å². The van der Waals surface area contributed by atoms with E-state index in [9.17, 15) is 4.79 Å². The summed E-state index contributed by atoms with van der Waals surface area (Å²) < 4.78 is 10.0. The molecule has 0 radical (unpaired) electrons. The number of ether oxygens (including phenoxy) is 2. The van der Waals surface area contributed by atoms with E-state index in [1.807, 2.05) is 48.5 Å². The third kappa shape index (κ3) is 7.02. The SMILES string of the molecule is C=CC[C@@H](C[C@@H](SCC(=O)OC)c1ccccc1)Nc1ccc(OC)cc1. The van der Waals surface area contributed by atoms with Gasteiger partial charge in [0.15, 0.2) is 0 Å². The molecule has 0 unspecified atom stereocenters. The smallest absolute Gasteiger partial charge is 0.315 e. The maximum absolute atomic E-state index is 11.6. The van der Waals surface area contributed by atoms with E-state index in [0.29, 0.717) is 5.75 Å². The number of rotatable bonds is 11. The van der Waals surface area contributed by atoms with Gasteiger partial charge in [-0.3, -0.25) is 4.79 Å². The molecule has 0 amide bonds. The molecular formula is C22H27NO3S. The number of anilines is 1. The minimum Gasteiger partial charge on any atom is -0.497 e. The number of carbonyl (C=O) groups excluding carboxylic acids is 1. The second-order valence-corrected chi connectivity index (χ2v) is 7.31. The zero-order valence-corrected chi connectivity index (χ0v) is 16.7. The van der Waals surface area contributed by atoms with Crippen molar-refractivity contribution >= 4 is 23.4 Å².